The second-order valence-electron chi connectivity index (χ2n) is 3.02. The van der Waals surface area contributed by atoms with Crippen molar-refractivity contribution in [2.45, 2.75) is 33.6 Å². The third-order valence-corrected chi connectivity index (χ3v) is 2.04. The van der Waals surface area contributed by atoms with Gasteiger partial charge in [-0.1, -0.05) is 19.9 Å². The first-order chi connectivity index (χ1) is 6.77. The molecule has 0 bridgehead atoms. The minimum absolute atomic E-state index is 0.222. The summed E-state index contributed by atoms with van der Waals surface area (Å²) in [6, 6.07) is 1.89. The molecular formula is C12H16O2. The average Bonchev–Trinajstić information content (AvgIpc) is 2.23. The van der Waals surface area contributed by atoms with Gasteiger partial charge in [-0.15, -0.1) is 0 Å². The highest BCUT2D eigenvalue weighted by Crippen LogP contribution is 1.94. The highest BCUT2D eigenvalue weighted by molar-refractivity contribution is 5.35. The Labute approximate surface area is 83.6 Å². The van der Waals surface area contributed by atoms with Crippen molar-refractivity contribution in [3.05, 3.63) is 32.7 Å². The van der Waals surface area contributed by atoms with Crippen molar-refractivity contribution in [1.29, 1.82) is 0 Å². The fraction of sp³-hybridized carbons (Fsp3) is 0.417. The van der Waals surface area contributed by atoms with E-state index < -0.39 is 0 Å². The van der Waals surface area contributed by atoms with E-state index in [0.717, 1.165) is 23.5 Å². The maximum absolute atomic E-state index is 11.1. The standard InChI is InChI=1S/C10H10O2.C2H6/c1-7-6-8-4-2-3-5-9(8)12-10(7)11;1-2/h4-6H,2-3H2,1H3;1-2H3. The fourth-order valence-electron chi connectivity index (χ4n) is 1.37. The van der Waals surface area contributed by atoms with Crippen LogP contribution in [0.4, 0.5) is 0 Å². The second-order valence-corrected chi connectivity index (χ2v) is 3.02. The van der Waals surface area contributed by atoms with Gasteiger partial charge in [-0.2, -0.15) is 0 Å². The molecule has 2 nitrogen and oxygen atoms in total. The van der Waals surface area contributed by atoms with Crippen molar-refractivity contribution in [3.8, 4) is 0 Å². The van der Waals surface area contributed by atoms with Crippen LogP contribution in [-0.4, -0.2) is 0 Å². The van der Waals surface area contributed by atoms with Crippen LogP contribution in [0.3, 0.4) is 0 Å². The van der Waals surface area contributed by atoms with Gasteiger partial charge in [-0.25, -0.2) is 4.79 Å². The van der Waals surface area contributed by atoms with Gasteiger partial charge >= 0.3 is 5.63 Å². The highest BCUT2D eigenvalue weighted by atomic mass is 16.4. The number of fused-ring (bicyclic) bond motifs is 1. The summed E-state index contributed by atoms with van der Waals surface area (Å²) in [6.07, 6.45) is 6.08. The Morgan fingerprint density at radius 2 is 1.86 bits per heavy atom. The molecule has 1 aromatic rings. The Bertz CT molecular complexity index is 466. The van der Waals surface area contributed by atoms with Gasteiger partial charge in [0.05, 0.1) is 0 Å². The molecule has 0 saturated carbocycles. The molecule has 0 N–H and O–H groups in total. The van der Waals surface area contributed by atoms with Crippen LogP contribution in [0, 0.1) is 6.92 Å². The summed E-state index contributed by atoms with van der Waals surface area (Å²) in [4.78, 5) is 11.1. The Morgan fingerprint density at radius 3 is 2.57 bits per heavy atom. The van der Waals surface area contributed by atoms with Crippen molar-refractivity contribution >= 4 is 12.2 Å². The van der Waals surface area contributed by atoms with Crippen LogP contribution in [0.15, 0.2) is 15.3 Å². The molecule has 76 valence electrons. The molecule has 0 radical (unpaired) electrons. The molecule has 0 fully saturated rings. The zero-order valence-corrected chi connectivity index (χ0v) is 8.96. The number of rotatable bonds is 0. The molecule has 2 rings (SSSR count). The molecule has 0 spiro atoms. The van der Waals surface area contributed by atoms with Crippen LogP contribution >= 0.6 is 0 Å². The largest absolute Gasteiger partial charge is 0.423 e. The van der Waals surface area contributed by atoms with Gasteiger partial charge in [0.2, 0.25) is 0 Å². The van der Waals surface area contributed by atoms with Gasteiger partial charge in [0.25, 0.3) is 0 Å². The van der Waals surface area contributed by atoms with Gasteiger partial charge in [-0.3, -0.25) is 0 Å². The first kappa shape index (κ1) is 10.8. The van der Waals surface area contributed by atoms with Crippen molar-refractivity contribution in [3.63, 3.8) is 0 Å². The Hall–Kier alpha value is -1.31. The normalized spacial score (nSPS) is 12.8. The van der Waals surface area contributed by atoms with Gasteiger partial charge in [0, 0.05) is 10.8 Å². The summed E-state index contributed by atoms with van der Waals surface area (Å²) >= 11 is 0. The van der Waals surface area contributed by atoms with Crippen LogP contribution in [0.25, 0.3) is 12.2 Å². The maximum atomic E-state index is 11.1. The third kappa shape index (κ3) is 2.13. The second kappa shape index (κ2) is 4.80. The Morgan fingerprint density at radius 1 is 1.21 bits per heavy atom. The topological polar surface area (TPSA) is 30.2 Å². The van der Waals surface area contributed by atoms with Crippen molar-refractivity contribution in [2.24, 2.45) is 0 Å². The minimum atomic E-state index is -0.222. The summed E-state index contributed by atoms with van der Waals surface area (Å²) in [7, 11) is 0. The smallest absolute Gasteiger partial charge is 0.339 e. The van der Waals surface area contributed by atoms with E-state index in [2.05, 4.69) is 6.08 Å². The van der Waals surface area contributed by atoms with E-state index in [1.165, 1.54) is 0 Å². The average molecular weight is 192 g/mol. The van der Waals surface area contributed by atoms with Crippen LogP contribution < -0.4 is 16.3 Å². The molecule has 2 heteroatoms. The molecule has 0 amide bonds. The van der Waals surface area contributed by atoms with E-state index in [-0.39, 0.29) is 5.63 Å². The first-order valence-electron chi connectivity index (χ1n) is 5.08. The van der Waals surface area contributed by atoms with Crippen molar-refractivity contribution in [2.75, 3.05) is 0 Å². The van der Waals surface area contributed by atoms with Gasteiger partial charge in [-0.05, 0) is 31.9 Å². The predicted molar refractivity (Wildman–Crippen MR) is 58.5 cm³/mol. The molecule has 0 atom stereocenters. The fourth-order valence-corrected chi connectivity index (χ4v) is 1.37. The molecule has 1 aliphatic carbocycles. The summed E-state index contributed by atoms with van der Waals surface area (Å²) < 4.78 is 5.09. The molecule has 0 aliphatic heterocycles. The SMILES string of the molecule is CC.Cc1cc2c(oc1=O)=CCCC=2. The van der Waals surface area contributed by atoms with Gasteiger partial charge < -0.3 is 4.42 Å². The van der Waals surface area contributed by atoms with E-state index >= 15 is 0 Å². The van der Waals surface area contributed by atoms with Crippen LogP contribution in [0.2, 0.25) is 0 Å². The zero-order chi connectivity index (χ0) is 10.6. The Kier molecular flexibility index (Phi) is 3.69. The summed E-state index contributed by atoms with van der Waals surface area (Å²) in [5, 5.41) is 1.05. The molecule has 1 aliphatic rings. The lowest BCUT2D eigenvalue weighted by Crippen LogP contribution is -2.31. The summed E-state index contributed by atoms with van der Waals surface area (Å²) in [5.74, 6) is 0. The number of aryl methyl sites for hydroxylation is 1. The molecular weight excluding hydrogens is 176 g/mol. The van der Waals surface area contributed by atoms with E-state index in [9.17, 15) is 4.79 Å². The van der Waals surface area contributed by atoms with E-state index in [1.54, 1.807) is 6.92 Å². The maximum Gasteiger partial charge on any atom is 0.339 e. The number of hydrogen-bond donors (Lipinski definition) is 0. The third-order valence-electron chi connectivity index (χ3n) is 2.04. The van der Waals surface area contributed by atoms with Crippen molar-refractivity contribution in [1.82, 2.24) is 0 Å². The quantitative estimate of drug-likeness (QED) is 0.620. The lowest BCUT2D eigenvalue weighted by Gasteiger charge is -1.98. The molecule has 1 aromatic heterocycles. The molecule has 1 heterocycles. The molecule has 14 heavy (non-hydrogen) atoms. The zero-order valence-electron chi connectivity index (χ0n) is 8.96. The van der Waals surface area contributed by atoms with Crippen LogP contribution in [-0.2, 0) is 0 Å². The lowest BCUT2D eigenvalue weighted by molar-refractivity contribution is 0.466. The lowest BCUT2D eigenvalue weighted by atomic mass is 10.1. The minimum Gasteiger partial charge on any atom is -0.423 e. The molecule has 0 aromatic carbocycles. The van der Waals surface area contributed by atoms with E-state index in [0.29, 0.717) is 5.56 Å². The highest BCUT2D eigenvalue weighted by Gasteiger charge is 1.98. The van der Waals surface area contributed by atoms with Gasteiger partial charge in [0.1, 0.15) is 5.42 Å². The first-order valence-corrected chi connectivity index (χ1v) is 5.08. The van der Waals surface area contributed by atoms with E-state index in [4.69, 9.17) is 4.42 Å². The summed E-state index contributed by atoms with van der Waals surface area (Å²) in [5.41, 5.74) is 1.19. The monoisotopic (exact) mass is 192 g/mol. The molecule has 0 saturated heterocycles. The summed E-state index contributed by atoms with van der Waals surface area (Å²) in [6.45, 7) is 5.77. The Balaban J connectivity index is 0.000000461. The van der Waals surface area contributed by atoms with Gasteiger partial charge in [0.15, 0.2) is 0 Å². The number of hydrogen-bond acceptors (Lipinski definition) is 2. The van der Waals surface area contributed by atoms with Crippen molar-refractivity contribution < 1.29 is 4.42 Å². The van der Waals surface area contributed by atoms with E-state index in [1.807, 2.05) is 26.0 Å². The van der Waals surface area contributed by atoms with Crippen LogP contribution in [0.5, 0.6) is 0 Å². The predicted octanol–water partition coefficient (Wildman–Crippen LogP) is 1.33. The van der Waals surface area contributed by atoms with Crippen LogP contribution in [0.1, 0.15) is 32.3 Å². The molecule has 0 unspecified atom stereocenters.